The van der Waals surface area contributed by atoms with Gasteiger partial charge >= 0.3 is 5.97 Å². The lowest BCUT2D eigenvalue weighted by atomic mass is 10.1. The molecule has 0 saturated heterocycles. The van der Waals surface area contributed by atoms with Gasteiger partial charge in [0.25, 0.3) is 0 Å². The normalized spacial score (nSPS) is 9.84. The number of carboxylic acid groups (broad SMARTS) is 1. The van der Waals surface area contributed by atoms with Crippen molar-refractivity contribution in [2.24, 2.45) is 0 Å². The van der Waals surface area contributed by atoms with E-state index in [1.165, 1.54) is 11.0 Å². The fraction of sp³-hybridized carbons (Fsp3) is 0.154. The Morgan fingerprint density at radius 1 is 1.37 bits per heavy atom. The highest BCUT2D eigenvalue weighted by molar-refractivity contribution is 6.32. The first-order valence-electron chi connectivity index (χ1n) is 5.28. The highest BCUT2D eigenvalue weighted by atomic mass is 35.5. The van der Waals surface area contributed by atoms with Crippen molar-refractivity contribution in [3.63, 3.8) is 0 Å². The number of halogens is 1. The molecule has 96 valence electrons. The van der Waals surface area contributed by atoms with Crippen molar-refractivity contribution < 1.29 is 9.90 Å². The van der Waals surface area contributed by atoms with Gasteiger partial charge in [0.15, 0.2) is 0 Å². The lowest BCUT2D eigenvalue weighted by molar-refractivity contribution is -0.131. The molecule has 1 aromatic rings. The topological polar surface area (TPSA) is 88.1 Å². The summed E-state index contributed by atoms with van der Waals surface area (Å²) in [5, 5.41) is 26.5. The van der Waals surface area contributed by atoms with Crippen LogP contribution in [-0.4, -0.2) is 24.2 Å². The first-order chi connectivity index (χ1) is 9.10. The third kappa shape index (κ3) is 4.02. The SMILES string of the molecule is N#CCN(CC#N)c1cccc(Cl)c1/C=C/C(=O)O. The van der Waals surface area contributed by atoms with Crippen LogP contribution in [0.5, 0.6) is 0 Å². The fourth-order valence-electron chi connectivity index (χ4n) is 1.52. The monoisotopic (exact) mass is 275 g/mol. The molecule has 0 bridgehead atoms. The van der Waals surface area contributed by atoms with Crippen LogP contribution in [0, 0.1) is 22.7 Å². The van der Waals surface area contributed by atoms with Crippen LogP contribution in [0.1, 0.15) is 5.56 Å². The summed E-state index contributed by atoms with van der Waals surface area (Å²) in [6.45, 7) is 0.0314. The molecule has 0 saturated carbocycles. The van der Waals surface area contributed by atoms with E-state index in [9.17, 15) is 4.79 Å². The van der Waals surface area contributed by atoms with Crippen LogP contribution in [0.2, 0.25) is 5.02 Å². The van der Waals surface area contributed by atoms with Gasteiger partial charge in [-0.25, -0.2) is 4.79 Å². The maximum atomic E-state index is 10.6. The fourth-order valence-corrected chi connectivity index (χ4v) is 1.75. The zero-order chi connectivity index (χ0) is 14.3. The summed E-state index contributed by atoms with van der Waals surface area (Å²) in [7, 11) is 0. The second-order valence-electron chi connectivity index (χ2n) is 3.52. The highest BCUT2D eigenvalue weighted by Gasteiger charge is 2.12. The van der Waals surface area contributed by atoms with Gasteiger partial charge in [-0.2, -0.15) is 10.5 Å². The average molecular weight is 276 g/mol. The van der Waals surface area contributed by atoms with Gasteiger partial charge in [-0.05, 0) is 18.2 Å². The van der Waals surface area contributed by atoms with Crippen molar-refractivity contribution in [2.75, 3.05) is 18.0 Å². The van der Waals surface area contributed by atoms with E-state index in [4.69, 9.17) is 27.2 Å². The summed E-state index contributed by atoms with van der Waals surface area (Å²) < 4.78 is 0. The number of carbonyl (C=O) groups is 1. The van der Waals surface area contributed by atoms with E-state index in [1.807, 2.05) is 12.1 Å². The van der Waals surface area contributed by atoms with Crippen LogP contribution < -0.4 is 4.90 Å². The summed E-state index contributed by atoms with van der Waals surface area (Å²) >= 11 is 6.02. The van der Waals surface area contributed by atoms with E-state index in [1.54, 1.807) is 18.2 Å². The van der Waals surface area contributed by atoms with Crippen LogP contribution in [0.3, 0.4) is 0 Å². The number of carboxylic acids is 1. The summed E-state index contributed by atoms with van der Waals surface area (Å²) in [6.07, 6.45) is 2.31. The summed E-state index contributed by atoms with van der Waals surface area (Å²) in [4.78, 5) is 12.1. The van der Waals surface area contributed by atoms with E-state index >= 15 is 0 Å². The Balaban J connectivity index is 3.26. The smallest absolute Gasteiger partial charge is 0.328 e. The minimum absolute atomic E-state index is 0.0157. The molecule has 0 atom stereocenters. The van der Waals surface area contributed by atoms with Gasteiger partial charge in [0.1, 0.15) is 13.1 Å². The third-order valence-corrected chi connectivity index (χ3v) is 2.62. The van der Waals surface area contributed by atoms with Crippen LogP contribution in [0.4, 0.5) is 5.69 Å². The van der Waals surface area contributed by atoms with Crippen molar-refractivity contribution in [3.05, 3.63) is 34.9 Å². The van der Waals surface area contributed by atoms with Gasteiger partial charge in [-0.1, -0.05) is 17.7 Å². The van der Waals surface area contributed by atoms with Gasteiger partial charge in [0.2, 0.25) is 0 Å². The lowest BCUT2D eigenvalue weighted by Crippen LogP contribution is -2.24. The van der Waals surface area contributed by atoms with E-state index < -0.39 is 5.97 Å². The van der Waals surface area contributed by atoms with Crippen LogP contribution in [-0.2, 0) is 4.79 Å². The number of rotatable bonds is 5. The molecule has 5 nitrogen and oxygen atoms in total. The Hall–Kier alpha value is -2.50. The number of anilines is 1. The second kappa shape index (κ2) is 7.05. The molecular weight excluding hydrogens is 266 g/mol. The molecule has 0 spiro atoms. The highest BCUT2D eigenvalue weighted by Crippen LogP contribution is 2.28. The average Bonchev–Trinajstić information content (AvgIpc) is 2.36. The largest absolute Gasteiger partial charge is 0.478 e. The number of benzene rings is 1. The molecule has 1 rings (SSSR count). The molecule has 0 aromatic heterocycles. The van der Waals surface area contributed by atoms with E-state index in [0.717, 1.165) is 6.08 Å². The van der Waals surface area contributed by atoms with E-state index in [-0.39, 0.29) is 13.1 Å². The van der Waals surface area contributed by atoms with Gasteiger partial charge < -0.3 is 10.0 Å². The molecular formula is C13H10ClN3O2. The minimum atomic E-state index is -1.10. The first-order valence-corrected chi connectivity index (χ1v) is 5.66. The Morgan fingerprint density at radius 3 is 2.53 bits per heavy atom. The summed E-state index contributed by atoms with van der Waals surface area (Å²) in [6, 6.07) is 8.88. The zero-order valence-electron chi connectivity index (χ0n) is 9.88. The second-order valence-corrected chi connectivity index (χ2v) is 3.92. The van der Waals surface area contributed by atoms with Crippen molar-refractivity contribution in [1.29, 1.82) is 10.5 Å². The number of aliphatic carboxylic acids is 1. The van der Waals surface area contributed by atoms with Gasteiger partial charge in [-0.15, -0.1) is 0 Å². The zero-order valence-corrected chi connectivity index (χ0v) is 10.6. The molecule has 6 heteroatoms. The number of nitrogens with zero attached hydrogens (tertiary/aromatic N) is 3. The minimum Gasteiger partial charge on any atom is -0.478 e. The quantitative estimate of drug-likeness (QED) is 0.658. The molecule has 0 fully saturated rings. The number of hydrogen-bond donors (Lipinski definition) is 1. The predicted octanol–water partition coefficient (Wildman–Crippen LogP) is 2.29. The molecule has 0 aliphatic heterocycles. The molecule has 0 heterocycles. The maximum Gasteiger partial charge on any atom is 0.328 e. The Labute approximate surface area is 115 Å². The van der Waals surface area contributed by atoms with Crippen molar-refractivity contribution >= 4 is 29.3 Å². The van der Waals surface area contributed by atoms with Crippen molar-refractivity contribution in [1.82, 2.24) is 0 Å². The van der Waals surface area contributed by atoms with Gasteiger partial charge in [0, 0.05) is 22.3 Å². The summed E-state index contributed by atoms with van der Waals surface area (Å²) in [5.74, 6) is -1.10. The Kier molecular flexibility index (Phi) is 5.40. The molecule has 1 aromatic carbocycles. The maximum absolute atomic E-state index is 10.6. The third-order valence-electron chi connectivity index (χ3n) is 2.29. The van der Waals surface area contributed by atoms with Crippen molar-refractivity contribution in [2.45, 2.75) is 0 Å². The molecule has 0 unspecified atom stereocenters. The molecule has 0 aliphatic carbocycles. The standard InChI is InChI=1S/C13H10ClN3O2/c14-11-2-1-3-12(10(11)4-5-13(18)19)17(8-6-15)9-7-16/h1-5H,8-9H2,(H,18,19)/b5-4+. The van der Waals surface area contributed by atoms with Gasteiger partial charge in [0.05, 0.1) is 12.1 Å². The molecule has 19 heavy (non-hydrogen) atoms. The molecule has 0 aliphatic rings. The lowest BCUT2D eigenvalue weighted by Gasteiger charge is -2.21. The van der Waals surface area contributed by atoms with Crippen LogP contribution in [0.25, 0.3) is 6.08 Å². The first kappa shape index (κ1) is 14.6. The molecule has 1 N–H and O–H groups in total. The van der Waals surface area contributed by atoms with Crippen LogP contribution in [0.15, 0.2) is 24.3 Å². The predicted molar refractivity (Wildman–Crippen MR) is 71.6 cm³/mol. The number of nitriles is 2. The molecule has 0 radical (unpaired) electrons. The van der Waals surface area contributed by atoms with Crippen molar-refractivity contribution in [3.8, 4) is 12.1 Å². The van der Waals surface area contributed by atoms with E-state index in [2.05, 4.69) is 0 Å². The van der Waals surface area contributed by atoms with Crippen LogP contribution >= 0.6 is 11.6 Å². The Morgan fingerprint density at radius 2 is 2.00 bits per heavy atom. The van der Waals surface area contributed by atoms with E-state index in [0.29, 0.717) is 16.3 Å². The van der Waals surface area contributed by atoms with Gasteiger partial charge in [-0.3, -0.25) is 0 Å². The Bertz CT molecular complexity index is 569. The molecule has 0 amide bonds. The summed E-state index contributed by atoms with van der Waals surface area (Å²) in [5.41, 5.74) is 1.02. The number of hydrogen-bond acceptors (Lipinski definition) is 4.